The van der Waals surface area contributed by atoms with Crippen molar-refractivity contribution in [2.75, 3.05) is 0 Å². The molecule has 0 aliphatic heterocycles. The Kier molecular flexibility index (Phi) is 2.84. The van der Waals surface area contributed by atoms with Crippen LogP contribution in [-0.2, 0) is 0 Å². The van der Waals surface area contributed by atoms with Crippen LogP contribution in [0.25, 0.3) is 0 Å². The van der Waals surface area contributed by atoms with Gasteiger partial charge in [0.05, 0.1) is 6.10 Å². The molecular formula is C15H12ClFO. The zero-order valence-corrected chi connectivity index (χ0v) is 10.4. The van der Waals surface area contributed by atoms with Crippen LogP contribution in [-0.4, -0.2) is 5.11 Å². The van der Waals surface area contributed by atoms with Crippen LogP contribution in [0.5, 0.6) is 0 Å². The summed E-state index contributed by atoms with van der Waals surface area (Å²) in [6, 6.07) is 12.1. The monoisotopic (exact) mass is 262 g/mol. The molecule has 2 aromatic carbocycles. The maximum absolute atomic E-state index is 12.9. The predicted octanol–water partition coefficient (Wildman–Crippen LogP) is 4.05. The summed E-state index contributed by atoms with van der Waals surface area (Å²) >= 11 is 6.12. The van der Waals surface area contributed by atoms with E-state index in [0.717, 1.165) is 16.7 Å². The summed E-state index contributed by atoms with van der Waals surface area (Å²) < 4.78 is 12.9. The van der Waals surface area contributed by atoms with Crippen LogP contribution < -0.4 is 0 Å². The molecule has 0 spiro atoms. The van der Waals surface area contributed by atoms with E-state index in [1.807, 2.05) is 12.1 Å². The van der Waals surface area contributed by atoms with Gasteiger partial charge in [0.2, 0.25) is 0 Å². The van der Waals surface area contributed by atoms with Gasteiger partial charge in [-0.2, -0.15) is 0 Å². The molecule has 0 saturated heterocycles. The Balaban J connectivity index is 2.08. The third-order valence-corrected chi connectivity index (χ3v) is 3.86. The Hall–Kier alpha value is -1.38. The normalized spacial score (nSPS) is 21.9. The van der Waals surface area contributed by atoms with E-state index in [9.17, 15) is 9.50 Å². The van der Waals surface area contributed by atoms with Crippen molar-refractivity contribution in [2.45, 2.75) is 18.4 Å². The number of hydrogen-bond donors (Lipinski definition) is 1. The first-order chi connectivity index (χ1) is 8.66. The fourth-order valence-electron chi connectivity index (χ4n) is 2.69. The third-order valence-electron chi connectivity index (χ3n) is 3.53. The molecule has 1 aliphatic carbocycles. The summed E-state index contributed by atoms with van der Waals surface area (Å²) in [7, 11) is 0. The van der Waals surface area contributed by atoms with Crippen LogP contribution in [0.15, 0.2) is 42.5 Å². The van der Waals surface area contributed by atoms with Crippen LogP contribution in [0.1, 0.15) is 35.1 Å². The Morgan fingerprint density at radius 1 is 1.11 bits per heavy atom. The molecule has 2 atom stereocenters. The van der Waals surface area contributed by atoms with E-state index >= 15 is 0 Å². The van der Waals surface area contributed by atoms with Crippen molar-refractivity contribution >= 4 is 11.6 Å². The molecule has 1 nitrogen and oxygen atoms in total. The van der Waals surface area contributed by atoms with Gasteiger partial charge in [0, 0.05) is 16.5 Å². The van der Waals surface area contributed by atoms with E-state index in [1.165, 1.54) is 12.1 Å². The number of benzene rings is 2. The SMILES string of the molecule is O[C@@H]1C[C@@H](c2ccc(F)cc2)c2cccc(Cl)c21. The lowest BCUT2D eigenvalue weighted by atomic mass is 9.93. The van der Waals surface area contributed by atoms with E-state index in [-0.39, 0.29) is 11.7 Å². The average molecular weight is 263 g/mol. The van der Waals surface area contributed by atoms with Crippen LogP contribution >= 0.6 is 11.6 Å². The molecule has 0 saturated carbocycles. The molecule has 3 rings (SSSR count). The summed E-state index contributed by atoms with van der Waals surface area (Å²) in [6.45, 7) is 0. The summed E-state index contributed by atoms with van der Waals surface area (Å²) in [6.07, 6.45) is 0.0637. The summed E-state index contributed by atoms with van der Waals surface area (Å²) in [5.41, 5.74) is 2.87. The Bertz CT molecular complexity index is 580. The minimum Gasteiger partial charge on any atom is -0.388 e. The molecule has 18 heavy (non-hydrogen) atoms. The van der Waals surface area contributed by atoms with Crippen molar-refractivity contribution in [1.82, 2.24) is 0 Å². The van der Waals surface area contributed by atoms with Crippen LogP contribution in [0, 0.1) is 5.82 Å². The van der Waals surface area contributed by atoms with Gasteiger partial charge in [0.15, 0.2) is 0 Å². The van der Waals surface area contributed by atoms with Crippen molar-refractivity contribution < 1.29 is 9.50 Å². The Morgan fingerprint density at radius 3 is 2.56 bits per heavy atom. The molecule has 0 fully saturated rings. The number of fused-ring (bicyclic) bond motifs is 1. The van der Waals surface area contributed by atoms with Gasteiger partial charge in [0.1, 0.15) is 5.82 Å². The first-order valence-electron chi connectivity index (χ1n) is 5.88. The van der Waals surface area contributed by atoms with Gasteiger partial charge >= 0.3 is 0 Å². The minimum atomic E-state index is -0.538. The van der Waals surface area contributed by atoms with E-state index in [2.05, 4.69) is 0 Å². The number of aliphatic hydroxyl groups is 1. The number of aliphatic hydroxyl groups excluding tert-OH is 1. The Morgan fingerprint density at radius 2 is 1.83 bits per heavy atom. The molecule has 0 heterocycles. The highest BCUT2D eigenvalue weighted by molar-refractivity contribution is 6.31. The first kappa shape index (κ1) is 11.7. The lowest BCUT2D eigenvalue weighted by Gasteiger charge is -2.11. The molecule has 0 bridgehead atoms. The third kappa shape index (κ3) is 1.82. The molecule has 3 heteroatoms. The van der Waals surface area contributed by atoms with Gasteiger partial charge in [-0.25, -0.2) is 4.39 Å². The topological polar surface area (TPSA) is 20.2 Å². The lowest BCUT2D eigenvalue weighted by molar-refractivity contribution is 0.176. The van der Waals surface area contributed by atoms with Crippen molar-refractivity contribution in [1.29, 1.82) is 0 Å². The van der Waals surface area contributed by atoms with Crippen LogP contribution in [0.3, 0.4) is 0 Å². The smallest absolute Gasteiger partial charge is 0.123 e. The average Bonchev–Trinajstić information content (AvgIpc) is 2.69. The summed E-state index contributed by atoms with van der Waals surface area (Å²) in [5, 5.41) is 10.7. The highest BCUT2D eigenvalue weighted by Gasteiger charge is 2.32. The van der Waals surface area contributed by atoms with E-state index in [1.54, 1.807) is 18.2 Å². The second kappa shape index (κ2) is 4.38. The van der Waals surface area contributed by atoms with Gasteiger partial charge in [-0.15, -0.1) is 0 Å². The van der Waals surface area contributed by atoms with E-state index < -0.39 is 6.10 Å². The van der Waals surface area contributed by atoms with Crippen LogP contribution in [0.4, 0.5) is 4.39 Å². The number of rotatable bonds is 1. The fraction of sp³-hybridized carbons (Fsp3) is 0.200. The van der Waals surface area contributed by atoms with Gasteiger partial charge in [-0.1, -0.05) is 35.9 Å². The summed E-state index contributed by atoms with van der Waals surface area (Å²) in [5.74, 6) is -0.155. The highest BCUT2D eigenvalue weighted by atomic mass is 35.5. The van der Waals surface area contributed by atoms with Crippen molar-refractivity contribution in [2.24, 2.45) is 0 Å². The van der Waals surface area contributed by atoms with Crippen LogP contribution in [0.2, 0.25) is 5.02 Å². The molecule has 1 N–H and O–H groups in total. The summed E-state index contributed by atoms with van der Waals surface area (Å²) in [4.78, 5) is 0. The van der Waals surface area contributed by atoms with Crippen molar-refractivity contribution in [3.8, 4) is 0 Å². The molecular weight excluding hydrogens is 251 g/mol. The molecule has 92 valence electrons. The maximum atomic E-state index is 12.9. The van der Waals surface area contributed by atoms with E-state index in [0.29, 0.717) is 11.4 Å². The Labute approximate surface area is 110 Å². The predicted molar refractivity (Wildman–Crippen MR) is 69.3 cm³/mol. The molecule has 0 unspecified atom stereocenters. The lowest BCUT2D eigenvalue weighted by Crippen LogP contribution is -1.96. The standard InChI is InChI=1S/C15H12ClFO/c16-13-3-1-2-11-12(8-14(18)15(11)13)9-4-6-10(17)7-5-9/h1-7,12,14,18H,8H2/t12-,14+/m0/s1. The second-order valence-electron chi connectivity index (χ2n) is 4.60. The molecule has 0 amide bonds. The van der Waals surface area contributed by atoms with Gasteiger partial charge in [-0.3, -0.25) is 0 Å². The second-order valence-corrected chi connectivity index (χ2v) is 5.01. The highest BCUT2D eigenvalue weighted by Crippen LogP contribution is 2.46. The zero-order chi connectivity index (χ0) is 12.7. The van der Waals surface area contributed by atoms with Crippen molar-refractivity contribution in [3.63, 3.8) is 0 Å². The van der Waals surface area contributed by atoms with Gasteiger partial charge in [0.25, 0.3) is 0 Å². The fourth-order valence-corrected chi connectivity index (χ4v) is 3.00. The molecule has 0 radical (unpaired) electrons. The number of hydrogen-bond acceptors (Lipinski definition) is 1. The molecule has 2 aromatic rings. The largest absolute Gasteiger partial charge is 0.388 e. The first-order valence-corrected chi connectivity index (χ1v) is 6.26. The maximum Gasteiger partial charge on any atom is 0.123 e. The molecule has 0 aromatic heterocycles. The van der Waals surface area contributed by atoms with E-state index in [4.69, 9.17) is 11.6 Å². The van der Waals surface area contributed by atoms with Crippen molar-refractivity contribution in [3.05, 3.63) is 70.0 Å². The minimum absolute atomic E-state index is 0.0919. The quantitative estimate of drug-likeness (QED) is 0.822. The molecule has 1 aliphatic rings. The van der Waals surface area contributed by atoms with Gasteiger partial charge in [-0.05, 0) is 35.7 Å². The zero-order valence-electron chi connectivity index (χ0n) is 9.61. The van der Waals surface area contributed by atoms with Gasteiger partial charge < -0.3 is 5.11 Å². The number of halogens is 2.